The minimum atomic E-state index is -0.0508. The summed E-state index contributed by atoms with van der Waals surface area (Å²) in [7, 11) is 0. The molecule has 306 valence electrons. The predicted octanol–water partition coefficient (Wildman–Crippen LogP) is 18.2. The maximum Gasteiger partial charge on any atom is 0.0159 e. The molecule has 1 aliphatic carbocycles. The molecule has 0 radical (unpaired) electrons. The molecule has 0 saturated carbocycles. The molecule has 0 amide bonds. The van der Waals surface area contributed by atoms with Crippen LogP contribution in [0.5, 0.6) is 0 Å². The molecule has 0 heterocycles. The Hall–Kier alpha value is -7.80. The van der Waals surface area contributed by atoms with Crippen LogP contribution in [-0.4, -0.2) is 0 Å². The second-order valence-corrected chi connectivity index (χ2v) is 18.8. The van der Waals surface area contributed by atoms with E-state index in [-0.39, 0.29) is 5.41 Å². The third kappa shape index (κ3) is 5.50. The van der Waals surface area contributed by atoms with Crippen molar-refractivity contribution in [2.24, 2.45) is 0 Å². The van der Waals surface area contributed by atoms with E-state index in [0.29, 0.717) is 0 Å². The van der Waals surface area contributed by atoms with Crippen LogP contribution in [0.15, 0.2) is 206 Å². The molecule has 0 N–H and O–H groups in total. The maximum atomic E-state index is 2.47. The zero-order valence-electron chi connectivity index (χ0n) is 37.1. The topological polar surface area (TPSA) is 0 Å². The molecule has 65 heavy (non-hydrogen) atoms. The summed E-state index contributed by atoms with van der Waals surface area (Å²) >= 11 is 0. The molecule has 0 heteroatoms. The molecular formula is C65H46. The van der Waals surface area contributed by atoms with Gasteiger partial charge in [0.15, 0.2) is 0 Å². The average molecular weight is 827 g/mol. The number of aryl methyl sites for hydroxylation is 2. The molecule has 0 atom stereocenters. The maximum absolute atomic E-state index is 2.47. The van der Waals surface area contributed by atoms with Crippen LogP contribution in [-0.2, 0) is 5.41 Å². The summed E-state index contributed by atoms with van der Waals surface area (Å²) in [6, 6.07) is 77.7. The van der Waals surface area contributed by atoms with Gasteiger partial charge >= 0.3 is 0 Å². The second kappa shape index (κ2) is 14.1. The van der Waals surface area contributed by atoms with Crippen molar-refractivity contribution in [3.8, 4) is 55.6 Å². The normalized spacial score (nSPS) is 13.0. The first-order valence-corrected chi connectivity index (χ1v) is 23.0. The van der Waals surface area contributed by atoms with Crippen molar-refractivity contribution in [2.75, 3.05) is 0 Å². The van der Waals surface area contributed by atoms with Crippen LogP contribution in [0.2, 0.25) is 0 Å². The minimum absolute atomic E-state index is 0.0508. The Morgan fingerprint density at radius 1 is 0.246 bits per heavy atom. The van der Waals surface area contributed by atoms with Crippen molar-refractivity contribution in [1.29, 1.82) is 0 Å². The third-order valence-corrected chi connectivity index (χ3v) is 14.9. The molecule has 0 nitrogen and oxygen atoms in total. The van der Waals surface area contributed by atoms with E-state index < -0.39 is 0 Å². The molecule has 1 aliphatic rings. The Morgan fingerprint density at radius 3 is 1.48 bits per heavy atom. The van der Waals surface area contributed by atoms with Crippen LogP contribution < -0.4 is 0 Å². The largest absolute Gasteiger partial charge is 0.0622 e. The van der Waals surface area contributed by atoms with Crippen molar-refractivity contribution < 1.29 is 0 Å². The van der Waals surface area contributed by atoms with E-state index in [1.165, 1.54) is 143 Å². The zero-order valence-corrected chi connectivity index (χ0v) is 37.1. The van der Waals surface area contributed by atoms with Crippen LogP contribution in [0, 0.1) is 13.8 Å². The molecule has 0 unspecified atom stereocenters. The smallest absolute Gasteiger partial charge is 0.0159 e. The van der Waals surface area contributed by atoms with Crippen molar-refractivity contribution in [3.63, 3.8) is 0 Å². The van der Waals surface area contributed by atoms with Gasteiger partial charge in [0, 0.05) is 5.41 Å². The number of fused-ring (bicyclic) bond motifs is 13. The Balaban J connectivity index is 1.02. The van der Waals surface area contributed by atoms with Gasteiger partial charge in [0.1, 0.15) is 0 Å². The lowest BCUT2D eigenvalue weighted by atomic mass is 9.81. The first-order chi connectivity index (χ1) is 31.8. The lowest BCUT2D eigenvalue weighted by molar-refractivity contribution is 0.661. The second-order valence-electron chi connectivity index (χ2n) is 18.8. The fraction of sp³-hybridized carbons (Fsp3) is 0.0769. The lowest BCUT2D eigenvalue weighted by Gasteiger charge is -2.22. The van der Waals surface area contributed by atoms with Gasteiger partial charge in [-0.05, 0) is 175 Å². The molecule has 12 aromatic carbocycles. The summed E-state index contributed by atoms with van der Waals surface area (Å²) in [4.78, 5) is 0. The van der Waals surface area contributed by atoms with Crippen LogP contribution in [0.1, 0.15) is 36.1 Å². The van der Waals surface area contributed by atoms with Gasteiger partial charge in [0.2, 0.25) is 0 Å². The highest BCUT2D eigenvalue weighted by atomic mass is 14.4. The van der Waals surface area contributed by atoms with Crippen molar-refractivity contribution in [3.05, 3.63) is 229 Å². The van der Waals surface area contributed by atoms with Gasteiger partial charge in [0.05, 0.1) is 0 Å². The van der Waals surface area contributed by atoms with Crippen molar-refractivity contribution in [2.45, 2.75) is 33.1 Å². The number of hydrogen-bond acceptors (Lipinski definition) is 0. The summed E-state index contributed by atoms with van der Waals surface area (Å²) < 4.78 is 0. The summed E-state index contributed by atoms with van der Waals surface area (Å²) in [5.74, 6) is 0. The number of benzene rings is 12. The molecule has 0 aliphatic heterocycles. The Kier molecular flexibility index (Phi) is 8.18. The first-order valence-electron chi connectivity index (χ1n) is 23.0. The van der Waals surface area contributed by atoms with Crippen LogP contribution >= 0.6 is 0 Å². The highest BCUT2D eigenvalue weighted by molar-refractivity contribution is 6.27. The molecule has 0 spiro atoms. The summed E-state index contributed by atoms with van der Waals surface area (Å²) in [5, 5.41) is 15.4. The molecule has 0 fully saturated rings. The minimum Gasteiger partial charge on any atom is -0.0622 e. The summed E-state index contributed by atoms with van der Waals surface area (Å²) in [5.41, 5.74) is 18.2. The van der Waals surface area contributed by atoms with E-state index >= 15 is 0 Å². The standard InChI is InChI=1S/C65H46/c1-39-29-30-43(37-55(39)56-38-59-45-20-9-8-19-44(45)58-36-42(41-17-6-5-7-18-41)31-32-47(58)57(59)35-40(56)2)62-50-21-10-12-23-52(50)63(53-24-13-11-22-51(53)62)48-26-16-27-49-46(48)33-34-61-64(49)54-25-14-15-28-60(54)65(61,3)4/h5-38H,1-4H3. The van der Waals surface area contributed by atoms with E-state index in [4.69, 9.17) is 0 Å². The molecular weight excluding hydrogens is 781 g/mol. The van der Waals surface area contributed by atoms with Crippen molar-refractivity contribution in [1.82, 2.24) is 0 Å². The summed E-state index contributed by atoms with van der Waals surface area (Å²) in [6.07, 6.45) is 0. The van der Waals surface area contributed by atoms with Gasteiger partial charge in [-0.25, -0.2) is 0 Å². The Labute approximate surface area is 380 Å². The van der Waals surface area contributed by atoms with Crippen molar-refractivity contribution >= 4 is 64.6 Å². The SMILES string of the molecule is Cc1ccc(-c2c3ccccc3c(-c3cccc4c5c(ccc34)C(C)(C)c3ccccc3-5)c3ccccc23)cc1-c1cc2c3ccccc3c3cc(-c4ccccc4)ccc3c2cc1C. The average Bonchev–Trinajstić information content (AvgIpc) is 3.59. The van der Waals surface area contributed by atoms with Gasteiger partial charge in [-0.3, -0.25) is 0 Å². The van der Waals surface area contributed by atoms with E-state index in [0.717, 1.165) is 0 Å². The van der Waals surface area contributed by atoms with Crippen LogP contribution in [0.25, 0.3) is 120 Å². The van der Waals surface area contributed by atoms with Gasteiger partial charge < -0.3 is 0 Å². The summed E-state index contributed by atoms with van der Waals surface area (Å²) in [6.45, 7) is 9.30. The highest BCUT2D eigenvalue weighted by Crippen LogP contribution is 2.53. The van der Waals surface area contributed by atoms with Crippen LogP contribution in [0.3, 0.4) is 0 Å². The van der Waals surface area contributed by atoms with Gasteiger partial charge in [0.25, 0.3) is 0 Å². The predicted molar refractivity (Wildman–Crippen MR) is 280 cm³/mol. The van der Waals surface area contributed by atoms with E-state index in [1.54, 1.807) is 0 Å². The third-order valence-electron chi connectivity index (χ3n) is 14.9. The van der Waals surface area contributed by atoms with Gasteiger partial charge in [-0.1, -0.05) is 202 Å². The van der Waals surface area contributed by atoms with E-state index in [2.05, 4.69) is 234 Å². The Bertz CT molecular complexity index is 3920. The number of rotatable bonds is 4. The van der Waals surface area contributed by atoms with E-state index in [1.807, 2.05) is 0 Å². The van der Waals surface area contributed by atoms with Gasteiger partial charge in [-0.2, -0.15) is 0 Å². The molecule has 0 aromatic heterocycles. The zero-order chi connectivity index (χ0) is 43.6. The molecule has 0 bridgehead atoms. The quantitative estimate of drug-likeness (QED) is 0.122. The molecule has 13 rings (SSSR count). The molecule has 0 saturated heterocycles. The lowest BCUT2D eigenvalue weighted by Crippen LogP contribution is -2.14. The monoisotopic (exact) mass is 826 g/mol. The molecule has 12 aromatic rings. The fourth-order valence-corrected chi connectivity index (χ4v) is 11.8. The van der Waals surface area contributed by atoms with E-state index in [9.17, 15) is 0 Å². The first kappa shape index (κ1) is 37.7. The highest BCUT2D eigenvalue weighted by Gasteiger charge is 2.36. The number of hydrogen-bond donors (Lipinski definition) is 0. The fourth-order valence-electron chi connectivity index (χ4n) is 11.8. The van der Waals surface area contributed by atoms with Crippen LogP contribution in [0.4, 0.5) is 0 Å². The Morgan fingerprint density at radius 2 is 0.754 bits per heavy atom. The van der Waals surface area contributed by atoms with Gasteiger partial charge in [-0.15, -0.1) is 0 Å².